The Morgan fingerprint density at radius 1 is 1.30 bits per heavy atom. The topological polar surface area (TPSA) is 124 Å². The van der Waals surface area contributed by atoms with Crippen LogP contribution in [-0.4, -0.2) is 27.2 Å². The number of benzene rings is 2. The Morgan fingerprint density at radius 2 is 2.03 bits per heavy atom. The highest BCUT2D eigenvalue weighted by atomic mass is 32.1. The van der Waals surface area contributed by atoms with Crippen LogP contribution in [0.1, 0.15) is 31.0 Å². The van der Waals surface area contributed by atoms with Crippen molar-refractivity contribution >= 4 is 29.1 Å². The molecule has 2 aromatic carbocycles. The highest BCUT2D eigenvalue weighted by Crippen LogP contribution is 2.30. The second kappa shape index (κ2) is 8.83. The Morgan fingerprint density at radius 3 is 2.70 bits per heavy atom. The van der Waals surface area contributed by atoms with Crippen molar-refractivity contribution in [2.24, 2.45) is 4.99 Å². The van der Waals surface area contributed by atoms with Crippen molar-refractivity contribution < 1.29 is 19.6 Å². The number of ether oxygens (including phenoxy) is 1. The van der Waals surface area contributed by atoms with Crippen molar-refractivity contribution in [2.45, 2.75) is 19.9 Å². The monoisotopic (exact) mass is 465 g/mol. The van der Waals surface area contributed by atoms with Crippen LogP contribution in [0.25, 0.3) is 6.08 Å². The number of phenols is 1. The zero-order chi connectivity index (χ0) is 23.7. The average molecular weight is 465 g/mol. The highest BCUT2D eigenvalue weighted by molar-refractivity contribution is 7.07. The van der Waals surface area contributed by atoms with Crippen molar-refractivity contribution in [2.75, 3.05) is 6.61 Å². The van der Waals surface area contributed by atoms with E-state index in [9.17, 15) is 24.8 Å². The molecule has 0 saturated carbocycles. The minimum Gasteiger partial charge on any atom is -0.507 e. The Hall–Kier alpha value is -4.05. The molecule has 1 aliphatic rings. The third-order valence-electron chi connectivity index (χ3n) is 5.14. The molecule has 1 atom stereocenters. The molecule has 10 heteroatoms. The van der Waals surface area contributed by atoms with Gasteiger partial charge in [0.1, 0.15) is 5.75 Å². The summed E-state index contributed by atoms with van der Waals surface area (Å²) in [6.45, 7) is 3.56. The summed E-state index contributed by atoms with van der Waals surface area (Å²) in [4.78, 5) is 41.6. The fourth-order valence-corrected chi connectivity index (χ4v) is 4.69. The van der Waals surface area contributed by atoms with Crippen molar-refractivity contribution in [3.05, 3.63) is 101 Å². The van der Waals surface area contributed by atoms with Gasteiger partial charge in [0.2, 0.25) is 0 Å². The van der Waals surface area contributed by atoms with E-state index in [4.69, 9.17) is 4.74 Å². The molecule has 33 heavy (non-hydrogen) atoms. The lowest BCUT2D eigenvalue weighted by atomic mass is 9.96. The van der Waals surface area contributed by atoms with Crippen molar-refractivity contribution in [3.63, 3.8) is 0 Å². The number of nitrogens with zero attached hydrogens (tertiary/aromatic N) is 3. The van der Waals surface area contributed by atoms with E-state index in [1.54, 1.807) is 13.8 Å². The van der Waals surface area contributed by atoms with Crippen LogP contribution in [0.3, 0.4) is 0 Å². The Balaban J connectivity index is 1.96. The molecule has 4 rings (SSSR count). The lowest BCUT2D eigenvalue weighted by molar-refractivity contribution is -0.384. The number of thiazole rings is 1. The van der Waals surface area contributed by atoms with Crippen LogP contribution < -0.4 is 14.9 Å². The summed E-state index contributed by atoms with van der Waals surface area (Å²) in [6, 6.07) is 11.9. The summed E-state index contributed by atoms with van der Waals surface area (Å²) in [5, 5.41) is 21.3. The van der Waals surface area contributed by atoms with E-state index in [2.05, 4.69) is 4.99 Å². The normalized spacial score (nSPS) is 15.7. The SMILES string of the molecule is CCOC(=O)C1=C(C)N=c2s/c(=C/c3cc([N+](=O)[O-])ccc3O)c(=O)n2C1c1ccccc1. The molecule has 3 aromatic rings. The molecule has 2 heterocycles. The summed E-state index contributed by atoms with van der Waals surface area (Å²) < 4.78 is 6.87. The summed E-state index contributed by atoms with van der Waals surface area (Å²) >= 11 is 1.07. The molecule has 1 aromatic heterocycles. The van der Waals surface area contributed by atoms with Crippen LogP contribution in [0, 0.1) is 10.1 Å². The van der Waals surface area contributed by atoms with Gasteiger partial charge in [-0.1, -0.05) is 41.7 Å². The van der Waals surface area contributed by atoms with Crippen LogP contribution in [0.2, 0.25) is 0 Å². The third-order valence-corrected chi connectivity index (χ3v) is 6.12. The van der Waals surface area contributed by atoms with E-state index < -0.39 is 22.5 Å². The standard InChI is InChI=1S/C23H19N3O6S/c1-3-32-22(29)19-13(2)24-23-25(20(19)14-7-5-4-6-8-14)21(28)18(33-23)12-15-11-16(26(30)31)9-10-17(15)27/h4-12,20,27H,3H2,1-2H3/b18-12+. The van der Waals surface area contributed by atoms with Gasteiger partial charge < -0.3 is 9.84 Å². The second-order valence-electron chi connectivity index (χ2n) is 7.21. The Kier molecular flexibility index (Phi) is 5.93. The maximum atomic E-state index is 13.5. The quantitative estimate of drug-likeness (QED) is 0.351. The molecule has 9 nitrogen and oxygen atoms in total. The van der Waals surface area contributed by atoms with Gasteiger partial charge in [-0.15, -0.1) is 0 Å². The number of aromatic nitrogens is 1. The number of aromatic hydroxyl groups is 1. The predicted molar refractivity (Wildman–Crippen MR) is 122 cm³/mol. The molecule has 0 spiro atoms. The molecular formula is C23H19N3O6S. The number of fused-ring (bicyclic) bond motifs is 1. The van der Waals surface area contributed by atoms with Crippen LogP contribution in [0.15, 0.2) is 69.6 Å². The second-order valence-corrected chi connectivity index (χ2v) is 8.22. The Labute approximate surface area is 191 Å². The summed E-state index contributed by atoms with van der Waals surface area (Å²) in [5.41, 5.74) is 0.892. The molecule has 0 aliphatic carbocycles. The molecule has 0 fully saturated rings. The number of hydrogen-bond donors (Lipinski definition) is 1. The summed E-state index contributed by atoms with van der Waals surface area (Å²) in [7, 11) is 0. The van der Waals surface area contributed by atoms with Gasteiger partial charge in [0.05, 0.1) is 33.4 Å². The fraction of sp³-hybridized carbons (Fsp3) is 0.174. The van der Waals surface area contributed by atoms with Crippen LogP contribution in [0.5, 0.6) is 5.75 Å². The summed E-state index contributed by atoms with van der Waals surface area (Å²) in [6.07, 6.45) is 1.39. The number of phenolic OH excluding ortho intramolecular Hbond substituents is 1. The van der Waals surface area contributed by atoms with Gasteiger partial charge in [0, 0.05) is 17.7 Å². The number of rotatable bonds is 5. The maximum absolute atomic E-state index is 13.5. The van der Waals surface area contributed by atoms with Gasteiger partial charge in [-0.3, -0.25) is 19.5 Å². The van der Waals surface area contributed by atoms with Crippen molar-refractivity contribution in [1.29, 1.82) is 0 Å². The lowest BCUT2D eigenvalue weighted by Crippen LogP contribution is -2.39. The lowest BCUT2D eigenvalue weighted by Gasteiger charge is -2.24. The first-order valence-electron chi connectivity index (χ1n) is 10.0. The molecule has 168 valence electrons. The highest BCUT2D eigenvalue weighted by Gasteiger charge is 2.33. The van der Waals surface area contributed by atoms with Crippen molar-refractivity contribution in [1.82, 2.24) is 4.57 Å². The van der Waals surface area contributed by atoms with E-state index in [0.717, 1.165) is 11.3 Å². The van der Waals surface area contributed by atoms with Gasteiger partial charge in [0.25, 0.3) is 11.2 Å². The van der Waals surface area contributed by atoms with Crippen LogP contribution in [0.4, 0.5) is 5.69 Å². The van der Waals surface area contributed by atoms with Crippen LogP contribution in [-0.2, 0) is 9.53 Å². The molecule has 0 bridgehead atoms. The van der Waals surface area contributed by atoms with Gasteiger partial charge >= 0.3 is 5.97 Å². The van der Waals surface area contributed by atoms with E-state index in [-0.39, 0.29) is 33.7 Å². The van der Waals surface area contributed by atoms with Crippen molar-refractivity contribution in [3.8, 4) is 5.75 Å². The average Bonchev–Trinajstić information content (AvgIpc) is 3.09. The number of hydrogen-bond acceptors (Lipinski definition) is 8. The van der Waals surface area contributed by atoms with E-state index >= 15 is 0 Å². The molecule has 0 amide bonds. The molecule has 1 unspecified atom stereocenters. The minimum absolute atomic E-state index is 0.132. The molecule has 0 saturated heterocycles. The predicted octanol–water partition coefficient (Wildman–Crippen LogP) is 2.41. The molecular weight excluding hydrogens is 446 g/mol. The number of carbonyl (C=O) groups is 1. The smallest absolute Gasteiger partial charge is 0.338 e. The number of allylic oxidation sites excluding steroid dienone is 1. The third kappa shape index (κ3) is 4.08. The van der Waals surface area contributed by atoms with Gasteiger partial charge in [0.15, 0.2) is 4.80 Å². The first-order valence-corrected chi connectivity index (χ1v) is 10.9. The van der Waals surface area contributed by atoms with Gasteiger partial charge in [-0.25, -0.2) is 9.79 Å². The maximum Gasteiger partial charge on any atom is 0.338 e. The minimum atomic E-state index is -0.748. The molecule has 1 N–H and O–H groups in total. The zero-order valence-corrected chi connectivity index (χ0v) is 18.5. The molecule has 1 aliphatic heterocycles. The Bertz CT molecular complexity index is 1470. The van der Waals surface area contributed by atoms with E-state index in [1.807, 2.05) is 30.3 Å². The van der Waals surface area contributed by atoms with E-state index in [0.29, 0.717) is 16.1 Å². The number of nitro groups is 1. The number of esters is 1. The first-order chi connectivity index (χ1) is 15.8. The molecule has 0 radical (unpaired) electrons. The number of non-ortho nitro benzene ring substituents is 1. The zero-order valence-electron chi connectivity index (χ0n) is 17.7. The van der Waals surface area contributed by atoms with E-state index in [1.165, 1.54) is 28.8 Å². The van der Waals surface area contributed by atoms with Gasteiger partial charge in [-0.2, -0.15) is 0 Å². The largest absolute Gasteiger partial charge is 0.507 e. The van der Waals surface area contributed by atoms with Crippen LogP contribution >= 0.6 is 11.3 Å². The summed E-state index contributed by atoms with van der Waals surface area (Å²) in [5.74, 6) is -0.757. The fourth-order valence-electron chi connectivity index (χ4n) is 3.65. The number of nitro benzene ring substituents is 1. The first kappa shape index (κ1) is 22.2. The van der Waals surface area contributed by atoms with Gasteiger partial charge in [-0.05, 0) is 31.6 Å². The number of carbonyl (C=O) groups excluding carboxylic acids is 1.